The summed E-state index contributed by atoms with van der Waals surface area (Å²) in [6, 6.07) is 15.1. The van der Waals surface area contributed by atoms with Crippen LogP contribution < -0.4 is 31.1 Å². The van der Waals surface area contributed by atoms with Crippen LogP contribution in [-0.2, 0) is 44.9 Å². The van der Waals surface area contributed by atoms with Crippen LogP contribution in [0.5, 0.6) is 0 Å². The van der Waals surface area contributed by atoms with Crippen molar-refractivity contribution in [2.24, 2.45) is 10.8 Å². The first-order valence-corrected chi connectivity index (χ1v) is 25.2. The Hall–Kier alpha value is -5.99. The van der Waals surface area contributed by atoms with Gasteiger partial charge in [-0.25, -0.2) is 29.5 Å². The Balaban J connectivity index is 0.000000191. The van der Waals surface area contributed by atoms with Crippen LogP contribution in [0.25, 0.3) is 22.8 Å². The SMILES string of the molecule is CCNC(=O)Nc1ccc(-c2nc3c(c(N4CCOC[C@@H]4C)n2)CCN(C(=O)C2(C)COC2)C3)cc1.CCNC(=O)Nc1ccc(-c2nc3c(c(N4CCOC[C@@H]4C)n2)CCN(CC(C)(C)CO)C3)cc1. The summed E-state index contributed by atoms with van der Waals surface area (Å²) in [6.07, 6.45) is 1.60. The van der Waals surface area contributed by atoms with Crippen molar-refractivity contribution in [1.29, 1.82) is 0 Å². The summed E-state index contributed by atoms with van der Waals surface area (Å²) in [6.45, 7) is 24.3. The van der Waals surface area contributed by atoms with Crippen molar-refractivity contribution in [1.82, 2.24) is 40.4 Å². The number of amides is 5. The minimum atomic E-state index is -0.443. The van der Waals surface area contributed by atoms with Gasteiger partial charge in [-0.3, -0.25) is 9.69 Å². The molecule has 3 saturated heterocycles. The fraction of sp³-hybridized carbons (Fsp3) is 0.558. The Morgan fingerprint density at radius 2 is 1.17 bits per heavy atom. The van der Waals surface area contributed by atoms with Crippen molar-refractivity contribution in [2.75, 3.05) is 112 Å². The van der Waals surface area contributed by atoms with Crippen LogP contribution in [0.2, 0.25) is 0 Å². The highest BCUT2D eigenvalue weighted by atomic mass is 16.5. The first-order chi connectivity index (χ1) is 34.2. The van der Waals surface area contributed by atoms with E-state index in [4.69, 9.17) is 34.1 Å². The van der Waals surface area contributed by atoms with Gasteiger partial charge in [-0.1, -0.05) is 13.8 Å². The van der Waals surface area contributed by atoms with Crippen LogP contribution in [0.1, 0.15) is 71.0 Å². The molecule has 0 bridgehead atoms. The minimum absolute atomic E-state index is 0.127. The lowest BCUT2D eigenvalue weighted by molar-refractivity contribution is -0.169. The molecule has 5 aliphatic heterocycles. The number of aliphatic hydroxyl groups is 1. The molecule has 2 aromatic carbocycles. The van der Waals surface area contributed by atoms with Crippen molar-refractivity contribution in [3.63, 3.8) is 0 Å². The Labute approximate surface area is 417 Å². The van der Waals surface area contributed by atoms with E-state index < -0.39 is 5.41 Å². The predicted octanol–water partition coefficient (Wildman–Crippen LogP) is 5.32. The molecule has 19 nitrogen and oxygen atoms in total. The molecule has 0 saturated carbocycles. The van der Waals surface area contributed by atoms with E-state index in [1.165, 1.54) is 5.56 Å². The van der Waals surface area contributed by atoms with Crippen molar-refractivity contribution in [3.05, 3.63) is 71.0 Å². The van der Waals surface area contributed by atoms with Crippen molar-refractivity contribution in [3.8, 4) is 22.8 Å². The smallest absolute Gasteiger partial charge is 0.319 e. The number of carbonyl (C=O) groups excluding carboxylic acids is 3. The summed E-state index contributed by atoms with van der Waals surface area (Å²) < 4.78 is 16.7. The number of anilines is 4. The monoisotopic (exact) mass is 977 g/mol. The zero-order chi connectivity index (χ0) is 50.3. The first kappa shape index (κ1) is 51.4. The summed E-state index contributed by atoms with van der Waals surface area (Å²) in [5, 5.41) is 20.9. The Kier molecular flexibility index (Phi) is 16.4. The number of morpholine rings is 2. The van der Waals surface area contributed by atoms with Crippen molar-refractivity contribution >= 4 is 41.0 Å². The first-order valence-electron chi connectivity index (χ1n) is 25.2. The number of hydrogen-bond donors (Lipinski definition) is 5. The number of nitrogens with zero attached hydrogens (tertiary/aromatic N) is 8. The van der Waals surface area contributed by atoms with E-state index in [1.807, 2.05) is 74.2 Å². The second-order valence-corrected chi connectivity index (χ2v) is 20.3. The molecule has 71 heavy (non-hydrogen) atoms. The number of hydrogen-bond acceptors (Lipinski definition) is 14. The van der Waals surface area contributed by atoms with Gasteiger partial charge in [0.1, 0.15) is 11.6 Å². The number of aliphatic hydroxyl groups excluding tert-OH is 1. The topological polar surface area (TPSA) is 212 Å². The van der Waals surface area contributed by atoms with Gasteiger partial charge in [-0.15, -0.1) is 0 Å². The molecular weight excluding hydrogens is 905 g/mol. The molecule has 2 aromatic heterocycles. The maximum Gasteiger partial charge on any atom is 0.319 e. The van der Waals surface area contributed by atoms with E-state index in [9.17, 15) is 19.5 Å². The average Bonchev–Trinajstić information content (AvgIpc) is 3.35. The maximum atomic E-state index is 13.2. The van der Waals surface area contributed by atoms with E-state index in [1.54, 1.807) is 0 Å². The number of benzene rings is 2. The molecule has 2 atom stereocenters. The summed E-state index contributed by atoms with van der Waals surface area (Å²) in [4.78, 5) is 65.9. The van der Waals surface area contributed by atoms with Crippen LogP contribution in [0.4, 0.5) is 32.6 Å². The number of rotatable bonds is 12. The summed E-state index contributed by atoms with van der Waals surface area (Å²) >= 11 is 0. The van der Waals surface area contributed by atoms with Gasteiger partial charge in [-0.05, 0) is 96.0 Å². The molecule has 5 aliphatic rings. The molecule has 0 radical (unpaired) electrons. The third-order valence-electron chi connectivity index (χ3n) is 13.6. The van der Waals surface area contributed by atoms with Crippen molar-refractivity contribution in [2.45, 2.75) is 86.5 Å². The number of urea groups is 2. The standard InChI is InChI=1S/C26H34N6O4.C26H38N6O3/c1-4-27-25(34)28-19-7-5-18(6-8-19)22-29-21-13-31(24(33)26(3)15-36-16-26)10-9-20(21)23(30-22)32-11-12-35-14-17(32)2;1-5-27-25(34)28-20-8-6-19(7-9-20)23-29-22-14-31(16-26(3,4)17-33)11-10-21(22)24(30-23)32-12-13-35-15-18(32)2/h5-8,17H,4,9-16H2,1-3H3,(H2,27,28,34);6-9,18,33H,5,10-17H2,1-4H3,(H2,27,28,34)/t17-;18-/m00/s1. The molecular formula is C52H72N12O7. The van der Waals surface area contributed by atoms with Crippen LogP contribution in [-0.4, -0.2) is 157 Å². The number of ether oxygens (including phenoxy) is 3. The highest BCUT2D eigenvalue weighted by Gasteiger charge is 2.45. The van der Waals surface area contributed by atoms with Crippen LogP contribution in [0.3, 0.4) is 0 Å². The number of aromatic nitrogens is 4. The number of nitrogens with one attached hydrogen (secondary N) is 4. The molecule has 9 rings (SSSR count). The Bertz CT molecular complexity index is 2500. The minimum Gasteiger partial charge on any atom is -0.396 e. The Morgan fingerprint density at radius 1 is 0.690 bits per heavy atom. The summed E-state index contributed by atoms with van der Waals surface area (Å²) in [7, 11) is 0. The molecule has 5 N–H and O–H groups in total. The third kappa shape index (κ3) is 12.2. The van der Waals surface area contributed by atoms with Crippen LogP contribution in [0, 0.1) is 10.8 Å². The molecule has 0 unspecified atom stereocenters. The van der Waals surface area contributed by atoms with E-state index in [2.05, 4.69) is 63.7 Å². The normalized spacial score (nSPS) is 19.8. The van der Waals surface area contributed by atoms with Crippen LogP contribution in [0.15, 0.2) is 48.5 Å². The molecule has 3 fully saturated rings. The number of fused-ring (bicyclic) bond motifs is 2. The lowest BCUT2D eigenvalue weighted by Gasteiger charge is -2.42. The van der Waals surface area contributed by atoms with Gasteiger partial charge in [0.05, 0.1) is 75.1 Å². The lowest BCUT2D eigenvalue weighted by atomic mass is 9.86. The fourth-order valence-corrected chi connectivity index (χ4v) is 9.65. The number of carbonyl (C=O) groups is 3. The van der Waals surface area contributed by atoms with Gasteiger partial charge in [-0.2, -0.15) is 0 Å². The molecule has 19 heteroatoms. The molecule has 4 aromatic rings. The Morgan fingerprint density at radius 3 is 1.61 bits per heavy atom. The second kappa shape index (κ2) is 22.6. The van der Waals surface area contributed by atoms with Crippen molar-refractivity contribution < 1.29 is 33.7 Å². The quantitative estimate of drug-likeness (QED) is 0.122. The van der Waals surface area contributed by atoms with E-state index in [0.717, 1.165) is 84.5 Å². The zero-order valence-electron chi connectivity index (χ0n) is 42.5. The van der Waals surface area contributed by atoms with E-state index in [-0.39, 0.29) is 42.1 Å². The fourth-order valence-electron chi connectivity index (χ4n) is 9.65. The molecule has 0 spiro atoms. The highest BCUT2D eigenvalue weighted by Crippen LogP contribution is 2.36. The summed E-state index contributed by atoms with van der Waals surface area (Å²) in [5.74, 6) is 3.36. The van der Waals surface area contributed by atoms with Gasteiger partial charge >= 0.3 is 12.1 Å². The second-order valence-electron chi connectivity index (χ2n) is 20.3. The molecule has 0 aliphatic carbocycles. The molecule has 7 heterocycles. The van der Waals surface area contributed by atoms with E-state index >= 15 is 0 Å². The van der Waals surface area contributed by atoms with E-state index in [0.29, 0.717) is 89.6 Å². The molecule has 5 amide bonds. The van der Waals surface area contributed by atoms with Gasteiger partial charge in [0.25, 0.3) is 0 Å². The largest absolute Gasteiger partial charge is 0.396 e. The average molecular weight is 977 g/mol. The molecule has 382 valence electrons. The van der Waals surface area contributed by atoms with Gasteiger partial charge < -0.3 is 55.3 Å². The van der Waals surface area contributed by atoms with Gasteiger partial charge in [0.2, 0.25) is 5.91 Å². The highest BCUT2D eigenvalue weighted by molar-refractivity contribution is 5.90. The maximum absolute atomic E-state index is 13.2. The summed E-state index contributed by atoms with van der Waals surface area (Å²) in [5.41, 5.74) is 6.83. The third-order valence-corrected chi connectivity index (χ3v) is 13.6. The van der Waals surface area contributed by atoms with Crippen LogP contribution >= 0.6 is 0 Å². The van der Waals surface area contributed by atoms with Gasteiger partial charge in [0.15, 0.2) is 11.6 Å². The van der Waals surface area contributed by atoms with Gasteiger partial charge in [0, 0.05) is 98.0 Å². The predicted molar refractivity (Wildman–Crippen MR) is 273 cm³/mol. The lowest BCUT2D eigenvalue weighted by Crippen LogP contribution is -2.54. The zero-order valence-corrected chi connectivity index (χ0v) is 42.5.